The Morgan fingerprint density at radius 1 is 1.33 bits per heavy atom. The Bertz CT molecular complexity index is 488. The fourth-order valence-corrected chi connectivity index (χ4v) is 1.39. The molecule has 0 unspecified atom stereocenters. The van der Waals surface area contributed by atoms with E-state index in [1.807, 2.05) is 30.3 Å². The molecule has 2 aromatic rings. The molecule has 0 amide bonds. The summed E-state index contributed by atoms with van der Waals surface area (Å²) in [7, 11) is 0. The van der Waals surface area contributed by atoms with E-state index >= 15 is 0 Å². The lowest BCUT2D eigenvalue weighted by Gasteiger charge is -1.93. The van der Waals surface area contributed by atoms with Crippen LogP contribution >= 0.6 is 0 Å². The minimum Gasteiger partial charge on any atom is -0.382 e. The molecule has 4 heteroatoms. The van der Waals surface area contributed by atoms with Gasteiger partial charge in [-0.15, -0.1) is 0 Å². The van der Waals surface area contributed by atoms with Gasteiger partial charge in [0, 0.05) is 12.5 Å². The number of benzene rings is 1. The second kappa shape index (κ2) is 3.57. The molecule has 0 aliphatic rings. The molecule has 0 fully saturated rings. The maximum absolute atomic E-state index is 11.2. The summed E-state index contributed by atoms with van der Waals surface area (Å²) < 4.78 is 0. The Morgan fingerprint density at radius 3 is 2.53 bits per heavy atom. The summed E-state index contributed by atoms with van der Waals surface area (Å²) in [5.74, 6) is 0.766. The molecule has 1 aromatic carbocycles. The van der Waals surface area contributed by atoms with Gasteiger partial charge >= 0.3 is 0 Å². The summed E-state index contributed by atoms with van der Waals surface area (Å²) >= 11 is 0. The number of imidazole rings is 1. The zero-order chi connectivity index (χ0) is 10.8. The number of H-pyrrole nitrogens is 1. The van der Waals surface area contributed by atoms with E-state index in [0.717, 1.165) is 5.56 Å². The number of aromatic amines is 1. The van der Waals surface area contributed by atoms with Crippen LogP contribution in [0.4, 0.5) is 5.82 Å². The molecule has 1 aromatic heterocycles. The van der Waals surface area contributed by atoms with Crippen molar-refractivity contribution >= 4 is 11.6 Å². The molecule has 4 nitrogen and oxygen atoms in total. The lowest BCUT2D eigenvalue weighted by atomic mass is 10.2. The van der Waals surface area contributed by atoms with Crippen LogP contribution in [0.2, 0.25) is 0 Å². The van der Waals surface area contributed by atoms with Crippen LogP contribution in [-0.4, -0.2) is 15.8 Å². The molecule has 0 spiro atoms. The number of aromatic nitrogens is 2. The number of nitrogens with two attached hydrogens (primary N) is 1. The number of rotatable bonds is 2. The molecule has 2 rings (SSSR count). The maximum atomic E-state index is 11.2. The highest BCUT2D eigenvalue weighted by atomic mass is 16.1. The average Bonchev–Trinajstić information content (AvgIpc) is 2.62. The maximum Gasteiger partial charge on any atom is 0.179 e. The van der Waals surface area contributed by atoms with Crippen LogP contribution in [0, 0.1) is 0 Å². The Labute approximate surface area is 87.1 Å². The van der Waals surface area contributed by atoms with Crippen molar-refractivity contribution in [1.82, 2.24) is 9.97 Å². The quantitative estimate of drug-likeness (QED) is 0.728. The van der Waals surface area contributed by atoms with Gasteiger partial charge in [-0.25, -0.2) is 4.98 Å². The van der Waals surface area contributed by atoms with Gasteiger partial charge in [0.05, 0.1) is 0 Å². The number of carbonyl (C=O) groups is 1. The number of carbonyl (C=O) groups excluding carboxylic acids is 1. The van der Waals surface area contributed by atoms with Crippen LogP contribution in [0.3, 0.4) is 0 Å². The van der Waals surface area contributed by atoms with Crippen molar-refractivity contribution in [2.45, 2.75) is 6.92 Å². The van der Waals surface area contributed by atoms with E-state index < -0.39 is 0 Å². The third-order valence-electron chi connectivity index (χ3n) is 2.13. The number of Topliss-reactive ketones (excluding diaryl/α,β-unsaturated/α-hetero) is 1. The van der Waals surface area contributed by atoms with Crippen molar-refractivity contribution in [3.63, 3.8) is 0 Å². The zero-order valence-electron chi connectivity index (χ0n) is 8.32. The highest BCUT2D eigenvalue weighted by Gasteiger charge is 2.11. The molecule has 0 saturated heterocycles. The van der Waals surface area contributed by atoms with Gasteiger partial charge in [-0.1, -0.05) is 30.3 Å². The molecule has 1 heterocycles. The summed E-state index contributed by atoms with van der Waals surface area (Å²) in [4.78, 5) is 18.2. The Hall–Kier alpha value is -2.10. The number of nitrogens with one attached hydrogen (secondary N) is 1. The highest BCUT2D eigenvalue weighted by Crippen LogP contribution is 2.19. The minimum absolute atomic E-state index is 0.109. The first-order valence-corrected chi connectivity index (χ1v) is 4.60. The van der Waals surface area contributed by atoms with Crippen LogP contribution in [0.15, 0.2) is 30.3 Å². The van der Waals surface area contributed by atoms with E-state index in [1.54, 1.807) is 0 Å². The molecule has 0 radical (unpaired) electrons. The van der Waals surface area contributed by atoms with E-state index in [4.69, 9.17) is 5.73 Å². The lowest BCUT2D eigenvalue weighted by molar-refractivity contribution is 0.101. The predicted octanol–water partition coefficient (Wildman–Crippen LogP) is 1.86. The predicted molar refractivity (Wildman–Crippen MR) is 58.4 cm³/mol. The van der Waals surface area contributed by atoms with Gasteiger partial charge in [-0.2, -0.15) is 0 Å². The number of anilines is 1. The highest BCUT2D eigenvalue weighted by molar-refractivity contribution is 5.97. The first kappa shape index (κ1) is 9.45. The van der Waals surface area contributed by atoms with Crippen LogP contribution in [-0.2, 0) is 0 Å². The zero-order valence-corrected chi connectivity index (χ0v) is 8.32. The lowest BCUT2D eigenvalue weighted by Crippen LogP contribution is -1.97. The van der Waals surface area contributed by atoms with Crippen LogP contribution in [0.5, 0.6) is 0 Å². The number of ketones is 1. The van der Waals surface area contributed by atoms with Gasteiger partial charge in [-0.3, -0.25) is 4.79 Å². The monoisotopic (exact) mass is 201 g/mol. The molecule has 0 aliphatic heterocycles. The molecule has 76 valence electrons. The Morgan fingerprint density at radius 2 is 2.00 bits per heavy atom. The van der Waals surface area contributed by atoms with Crippen LogP contribution in [0.1, 0.15) is 17.4 Å². The molecule has 15 heavy (non-hydrogen) atoms. The SMILES string of the molecule is CC(=O)c1[nH]c(-c2ccccc2)nc1N. The van der Waals surface area contributed by atoms with Gasteiger partial charge in [0.1, 0.15) is 11.5 Å². The van der Waals surface area contributed by atoms with Crippen molar-refractivity contribution in [3.8, 4) is 11.4 Å². The second-order valence-corrected chi connectivity index (χ2v) is 3.27. The number of nitrogens with zero attached hydrogens (tertiary/aromatic N) is 1. The van der Waals surface area contributed by atoms with Gasteiger partial charge < -0.3 is 10.7 Å². The molecular weight excluding hydrogens is 190 g/mol. The number of hydrogen-bond donors (Lipinski definition) is 2. The van der Waals surface area contributed by atoms with E-state index in [0.29, 0.717) is 11.5 Å². The standard InChI is InChI=1S/C11H11N3O/c1-7(15)9-10(12)14-11(13-9)8-5-3-2-4-6-8/h2-6H,12H2,1H3,(H,13,14). The third kappa shape index (κ3) is 1.74. The van der Waals surface area contributed by atoms with Gasteiger partial charge in [0.2, 0.25) is 0 Å². The molecule has 0 aliphatic carbocycles. The second-order valence-electron chi connectivity index (χ2n) is 3.27. The summed E-state index contributed by atoms with van der Waals surface area (Å²) in [6.45, 7) is 1.46. The third-order valence-corrected chi connectivity index (χ3v) is 2.13. The van der Waals surface area contributed by atoms with Crippen molar-refractivity contribution in [2.24, 2.45) is 0 Å². The molecule has 0 saturated carbocycles. The van der Waals surface area contributed by atoms with Gasteiger partial charge in [-0.05, 0) is 0 Å². The van der Waals surface area contributed by atoms with Crippen molar-refractivity contribution < 1.29 is 4.79 Å². The van der Waals surface area contributed by atoms with Crippen LogP contribution < -0.4 is 5.73 Å². The number of nitrogen functional groups attached to an aromatic ring is 1. The first-order valence-electron chi connectivity index (χ1n) is 4.60. The topological polar surface area (TPSA) is 71.8 Å². The summed E-state index contributed by atoms with van der Waals surface area (Å²) in [5, 5.41) is 0. The van der Waals surface area contributed by atoms with Crippen molar-refractivity contribution in [2.75, 3.05) is 5.73 Å². The fourth-order valence-electron chi connectivity index (χ4n) is 1.39. The van der Waals surface area contributed by atoms with E-state index in [1.165, 1.54) is 6.92 Å². The minimum atomic E-state index is -0.109. The van der Waals surface area contributed by atoms with Crippen LogP contribution in [0.25, 0.3) is 11.4 Å². The summed E-state index contributed by atoms with van der Waals surface area (Å²) in [6, 6.07) is 9.54. The van der Waals surface area contributed by atoms with E-state index in [2.05, 4.69) is 9.97 Å². The molecular formula is C11H11N3O. The van der Waals surface area contributed by atoms with Gasteiger partial charge in [0.25, 0.3) is 0 Å². The molecule has 3 N–H and O–H groups in total. The summed E-state index contributed by atoms with van der Waals surface area (Å²) in [5.41, 5.74) is 6.90. The van der Waals surface area contributed by atoms with Crippen molar-refractivity contribution in [1.29, 1.82) is 0 Å². The largest absolute Gasteiger partial charge is 0.382 e. The summed E-state index contributed by atoms with van der Waals surface area (Å²) in [6.07, 6.45) is 0. The normalized spacial score (nSPS) is 10.2. The first-order chi connectivity index (χ1) is 7.18. The van der Waals surface area contributed by atoms with Crippen molar-refractivity contribution in [3.05, 3.63) is 36.0 Å². The Kier molecular flexibility index (Phi) is 2.25. The average molecular weight is 201 g/mol. The Balaban J connectivity index is 2.48. The van der Waals surface area contributed by atoms with E-state index in [-0.39, 0.29) is 11.6 Å². The molecule has 0 atom stereocenters. The van der Waals surface area contributed by atoms with Gasteiger partial charge in [0.15, 0.2) is 11.6 Å². The smallest absolute Gasteiger partial charge is 0.179 e. The van der Waals surface area contributed by atoms with E-state index in [9.17, 15) is 4.79 Å². The molecule has 0 bridgehead atoms. The fraction of sp³-hybridized carbons (Fsp3) is 0.0909. The number of hydrogen-bond acceptors (Lipinski definition) is 3.